The van der Waals surface area contributed by atoms with E-state index in [0.29, 0.717) is 18.5 Å². The lowest BCUT2D eigenvalue weighted by atomic mass is 10.0. The fourth-order valence-corrected chi connectivity index (χ4v) is 3.96. The Kier molecular flexibility index (Phi) is 5.44. The molecule has 0 bridgehead atoms. The molecule has 0 spiro atoms. The highest BCUT2D eigenvalue weighted by Gasteiger charge is 2.23. The van der Waals surface area contributed by atoms with E-state index in [4.69, 9.17) is 4.74 Å². The predicted octanol–water partition coefficient (Wildman–Crippen LogP) is 3.56. The number of carbonyl (C=O) groups is 2. The number of amides is 2. The minimum absolute atomic E-state index is 0.0651. The van der Waals surface area contributed by atoms with Crippen LogP contribution in [-0.2, 0) is 16.0 Å². The van der Waals surface area contributed by atoms with Gasteiger partial charge in [-0.3, -0.25) is 9.59 Å². The van der Waals surface area contributed by atoms with Crippen LogP contribution in [0.4, 0.5) is 5.69 Å². The van der Waals surface area contributed by atoms with Gasteiger partial charge in [-0.25, -0.2) is 0 Å². The van der Waals surface area contributed by atoms with E-state index in [1.165, 1.54) is 5.56 Å². The molecule has 0 radical (unpaired) electrons. The second-order valence-electron chi connectivity index (χ2n) is 7.41. The van der Waals surface area contributed by atoms with Gasteiger partial charge < -0.3 is 15.0 Å². The molecule has 0 aromatic heterocycles. The topological polar surface area (TPSA) is 58.6 Å². The fourth-order valence-electron chi connectivity index (χ4n) is 3.96. The van der Waals surface area contributed by atoms with E-state index in [1.54, 1.807) is 0 Å². The van der Waals surface area contributed by atoms with E-state index in [0.717, 1.165) is 49.2 Å². The van der Waals surface area contributed by atoms with Crippen LogP contribution in [-0.4, -0.2) is 37.6 Å². The molecule has 4 rings (SSSR count). The molecule has 28 heavy (non-hydrogen) atoms. The molecule has 1 saturated heterocycles. The van der Waals surface area contributed by atoms with E-state index in [-0.39, 0.29) is 17.9 Å². The maximum Gasteiger partial charge on any atom is 0.251 e. The zero-order valence-electron chi connectivity index (χ0n) is 16.2. The van der Waals surface area contributed by atoms with Crippen molar-refractivity contribution in [1.82, 2.24) is 5.32 Å². The summed E-state index contributed by atoms with van der Waals surface area (Å²) in [5, 5.41) is 2.95. The molecule has 1 N–H and O–H groups in total. The second-order valence-corrected chi connectivity index (χ2v) is 7.41. The standard InChI is InChI=1S/C23H26N2O3/c1-2-22(26)25-12-11-19-14-18(9-10-21(19)25)16-5-7-17(8-6-16)23(27)24-15-20-4-3-13-28-20/h5-10,14,20H,2-4,11-13,15H2,1H3,(H,24,27). The van der Waals surface area contributed by atoms with Gasteiger partial charge in [-0.1, -0.05) is 25.1 Å². The molecule has 0 saturated carbocycles. The molecule has 2 aliphatic rings. The van der Waals surface area contributed by atoms with Gasteiger partial charge in [0.2, 0.25) is 5.91 Å². The van der Waals surface area contributed by atoms with Crippen LogP contribution in [0.3, 0.4) is 0 Å². The van der Waals surface area contributed by atoms with Gasteiger partial charge in [-0.15, -0.1) is 0 Å². The Balaban J connectivity index is 1.44. The molecule has 2 aliphatic heterocycles. The lowest BCUT2D eigenvalue weighted by Crippen LogP contribution is -2.31. The highest BCUT2D eigenvalue weighted by molar-refractivity contribution is 5.96. The normalized spacial score (nSPS) is 18.2. The van der Waals surface area contributed by atoms with Crippen molar-refractivity contribution in [3.63, 3.8) is 0 Å². The summed E-state index contributed by atoms with van der Waals surface area (Å²) in [7, 11) is 0. The van der Waals surface area contributed by atoms with Crippen LogP contribution in [0, 0.1) is 0 Å². The number of ether oxygens (including phenoxy) is 1. The zero-order chi connectivity index (χ0) is 19.5. The summed E-state index contributed by atoms with van der Waals surface area (Å²) >= 11 is 0. The molecule has 5 nitrogen and oxygen atoms in total. The first-order valence-electron chi connectivity index (χ1n) is 10.1. The van der Waals surface area contributed by atoms with Crippen LogP contribution >= 0.6 is 0 Å². The Morgan fingerprint density at radius 3 is 2.64 bits per heavy atom. The van der Waals surface area contributed by atoms with Gasteiger partial charge in [0.15, 0.2) is 0 Å². The molecule has 1 unspecified atom stereocenters. The Bertz CT molecular complexity index is 870. The number of carbonyl (C=O) groups excluding carboxylic acids is 2. The van der Waals surface area contributed by atoms with Crippen molar-refractivity contribution < 1.29 is 14.3 Å². The highest BCUT2D eigenvalue weighted by Crippen LogP contribution is 2.32. The minimum atomic E-state index is -0.0651. The molecular formula is C23H26N2O3. The maximum absolute atomic E-state index is 12.3. The van der Waals surface area contributed by atoms with E-state index < -0.39 is 0 Å². The minimum Gasteiger partial charge on any atom is -0.376 e. The van der Waals surface area contributed by atoms with Crippen LogP contribution in [0.25, 0.3) is 11.1 Å². The predicted molar refractivity (Wildman–Crippen MR) is 110 cm³/mol. The van der Waals surface area contributed by atoms with Crippen molar-refractivity contribution in [2.45, 2.75) is 38.7 Å². The summed E-state index contributed by atoms with van der Waals surface area (Å²) in [6, 6.07) is 13.9. The van der Waals surface area contributed by atoms with Crippen molar-refractivity contribution in [2.24, 2.45) is 0 Å². The summed E-state index contributed by atoms with van der Waals surface area (Å²) in [5.74, 6) is 0.106. The molecule has 2 amide bonds. The Hall–Kier alpha value is -2.66. The Morgan fingerprint density at radius 2 is 1.93 bits per heavy atom. The monoisotopic (exact) mass is 378 g/mol. The number of benzene rings is 2. The number of fused-ring (bicyclic) bond motifs is 1. The third-order valence-electron chi connectivity index (χ3n) is 5.57. The number of hydrogen-bond donors (Lipinski definition) is 1. The number of rotatable bonds is 5. The smallest absolute Gasteiger partial charge is 0.251 e. The number of anilines is 1. The molecule has 1 atom stereocenters. The van der Waals surface area contributed by atoms with Crippen LogP contribution in [0.5, 0.6) is 0 Å². The molecule has 5 heteroatoms. The SMILES string of the molecule is CCC(=O)N1CCc2cc(-c3ccc(C(=O)NCC4CCCO4)cc3)ccc21. The molecule has 146 valence electrons. The Labute approximate surface area is 165 Å². The average molecular weight is 378 g/mol. The summed E-state index contributed by atoms with van der Waals surface area (Å²) in [6.45, 7) is 4.02. The summed E-state index contributed by atoms with van der Waals surface area (Å²) in [6.07, 6.45) is 3.64. The molecule has 1 fully saturated rings. The quantitative estimate of drug-likeness (QED) is 0.865. The van der Waals surface area contributed by atoms with Crippen LogP contribution < -0.4 is 10.2 Å². The van der Waals surface area contributed by atoms with Gasteiger partial charge >= 0.3 is 0 Å². The first-order valence-corrected chi connectivity index (χ1v) is 10.1. The number of hydrogen-bond acceptors (Lipinski definition) is 3. The third kappa shape index (κ3) is 3.80. The summed E-state index contributed by atoms with van der Waals surface area (Å²) in [5.41, 5.74) is 5.07. The zero-order valence-corrected chi connectivity index (χ0v) is 16.2. The molecule has 0 aliphatic carbocycles. The van der Waals surface area contributed by atoms with Crippen molar-refractivity contribution >= 4 is 17.5 Å². The summed E-state index contributed by atoms with van der Waals surface area (Å²) < 4.78 is 5.54. The van der Waals surface area contributed by atoms with E-state index in [9.17, 15) is 9.59 Å². The van der Waals surface area contributed by atoms with Gasteiger partial charge in [-0.05, 0) is 60.2 Å². The molecule has 2 aromatic carbocycles. The van der Waals surface area contributed by atoms with Gasteiger partial charge in [0, 0.05) is 37.4 Å². The number of nitrogens with zero attached hydrogens (tertiary/aromatic N) is 1. The third-order valence-corrected chi connectivity index (χ3v) is 5.57. The van der Waals surface area contributed by atoms with Crippen molar-refractivity contribution in [2.75, 3.05) is 24.6 Å². The van der Waals surface area contributed by atoms with Crippen LogP contribution in [0.15, 0.2) is 42.5 Å². The largest absolute Gasteiger partial charge is 0.376 e. The van der Waals surface area contributed by atoms with E-state index in [1.807, 2.05) is 48.2 Å². The second kappa shape index (κ2) is 8.15. The van der Waals surface area contributed by atoms with Gasteiger partial charge in [0.1, 0.15) is 0 Å². The first kappa shape index (κ1) is 18.7. The van der Waals surface area contributed by atoms with Gasteiger partial charge in [-0.2, -0.15) is 0 Å². The Morgan fingerprint density at radius 1 is 1.14 bits per heavy atom. The molecular weight excluding hydrogens is 352 g/mol. The van der Waals surface area contributed by atoms with Crippen molar-refractivity contribution in [3.8, 4) is 11.1 Å². The molecule has 2 heterocycles. The van der Waals surface area contributed by atoms with Crippen molar-refractivity contribution in [3.05, 3.63) is 53.6 Å². The fraction of sp³-hybridized carbons (Fsp3) is 0.391. The van der Waals surface area contributed by atoms with Crippen LogP contribution in [0.2, 0.25) is 0 Å². The van der Waals surface area contributed by atoms with Crippen LogP contribution in [0.1, 0.15) is 42.1 Å². The van der Waals surface area contributed by atoms with Crippen molar-refractivity contribution in [1.29, 1.82) is 0 Å². The molecule has 2 aromatic rings. The van der Waals surface area contributed by atoms with Gasteiger partial charge in [0.25, 0.3) is 5.91 Å². The number of nitrogens with one attached hydrogen (secondary N) is 1. The van der Waals surface area contributed by atoms with E-state index >= 15 is 0 Å². The van der Waals surface area contributed by atoms with Gasteiger partial charge in [0.05, 0.1) is 6.10 Å². The lowest BCUT2D eigenvalue weighted by molar-refractivity contribution is -0.118. The summed E-state index contributed by atoms with van der Waals surface area (Å²) in [4.78, 5) is 26.3. The maximum atomic E-state index is 12.3. The lowest BCUT2D eigenvalue weighted by Gasteiger charge is -2.16. The highest BCUT2D eigenvalue weighted by atomic mass is 16.5. The van der Waals surface area contributed by atoms with E-state index in [2.05, 4.69) is 11.4 Å². The first-order chi connectivity index (χ1) is 13.7. The average Bonchev–Trinajstić information content (AvgIpc) is 3.41.